The number of pyridine rings is 1. The molecule has 0 amide bonds. The molecule has 3 rings (SSSR count). The van der Waals surface area contributed by atoms with Crippen molar-refractivity contribution in [3.05, 3.63) is 41.1 Å². The maximum Gasteiger partial charge on any atom is 0.222 e. The number of aryl methyl sites for hydroxylation is 1. The van der Waals surface area contributed by atoms with Crippen molar-refractivity contribution in [2.75, 3.05) is 11.1 Å². The summed E-state index contributed by atoms with van der Waals surface area (Å²) in [4.78, 5) is 13.6. The Balaban J connectivity index is 1.78. The minimum atomic E-state index is -0.760. The molecule has 0 fully saturated rings. The van der Waals surface area contributed by atoms with E-state index in [1.54, 1.807) is 18.0 Å². The number of thioether (sulfide) groups is 1. The molecule has 0 bridgehead atoms. The van der Waals surface area contributed by atoms with Crippen LogP contribution in [0.1, 0.15) is 24.2 Å². The highest BCUT2D eigenvalue weighted by molar-refractivity contribution is 7.99. The fourth-order valence-corrected chi connectivity index (χ4v) is 3.56. The van der Waals surface area contributed by atoms with E-state index in [0.717, 1.165) is 28.5 Å². The molecule has 0 saturated carbocycles. The summed E-state index contributed by atoms with van der Waals surface area (Å²) in [5.41, 5.74) is 1.78. The van der Waals surface area contributed by atoms with Crippen LogP contribution in [0.25, 0.3) is 0 Å². The second-order valence-electron chi connectivity index (χ2n) is 4.76. The first-order chi connectivity index (χ1) is 10.2. The van der Waals surface area contributed by atoms with Gasteiger partial charge in [-0.2, -0.15) is 0 Å². The van der Waals surface area contributed by atoms with Crippen molar-refractivity contribution in [3.8, 4) is 0 Å². The van der Waals surface area contributed by atoms with Crippen molar-refractivity contribution in [2.45, 2.75) is 30.4 Å². The lowest BCUT2D eigenvalue weighted by Crippen LogP contribution is -2.28. The first kappa shape index (κ1) is 14.6. The Hall–Kier alpha value is -1.37. The van der Waals surface area contributed by atoms with E-state index in [4.69, 9.17) is 11.6 Å². The van der Waals surface area contributed by atoms with E-state index in [2.05, 4.69) is 20.3 Å². The SMILES string of the molecule is CCc1cccc(NC(O)C2CSc3cnc(Cl)nc32)n1. The van der Waals surface area contributed by atoms with Gasteiger partial charge in [0.2, 0.25) is 5.28 Å². The van der Waals surface area contributed by atoms with Gasteiger partial charge in [0.1, 0.15) is 12.0 Å². The molecule has 0 radical (unpaired) electrons. The molecule has 1 aliphatic rings. The summed E-state index contributed by atoms with van der Waals surface area (Å²) in [5.74, 6) is 1.28. The minimum Gasteiger partial charge on any atom is -0.373 e. The van der Waals surface area contributed by atoms with E-state index >= 15 is 0 Å². The quantitative estimate of drug-likeness (QED) is 0.666. The molecule has 3 heterocycles. The molecule has 0 aromatic carbocycles. The normalized spacial score (nSPS) is 18.3. The van der Waals surface area contributed by atoms with Gasteiger partial charge in [-0.15, -0.1) is 11.8 Å². The molecule has 0 saturated heterocycles. The van der Waals surface area contributed by atoms with Crippen LogP contribution in [0.15, 0.2) is 29.3 Å². The van der Waals surface area contributed by atoms with Crippen LogP contribution in [0.3, 0.4) is 0 Å². The highest BCUT2D eigenvalue weighted by Gasteiger charge is 2.31. The number of rotatable bonds is 4. The lowest BCUT2D eigenvalue weighted by Gasteiger charge is -2.20. The smallest absolute Gasteiger partial charge is 0.222 e. The lowest BCUT2D eigenvalue weighted by molar-refractivity contribution is 0.177. The number of aliphatic hydroxyl groups excluding tert-OH is 1. The molecule has 2 N–H and O–H groups in total. The molecule has 2 unspecified atom stereocenters. The van der Waals surface area contributed by atoms with Crippen LogP contribution >= 0.6 is 23.4 Å². The van der Waals surface area contributed by atoms with Crippen LogP contribution < -0.4 is 5.32 Å². The molecule has 2 atom stereocenters. The number of anilines is 1. The van der Waals surface area contributed by atoms with Gasteiger partial charge >= 0.3 is 0 Å². The number of aromatic nitrogens is 3. The van der Waals surface area contributed by atoms with Gasteiger partial charge < -0.3 is 10.4 Å². The van der Waals surface area contributed by atoms with E-state index in [1.807, 2.05) is 25.1 Å². The second kappa shape index (κ2) is 6.17. The predicted octanol–water partition coefficient (Wildman–Crippen LogP) is 2.71. The maximum atomic E-state index is 10.4. The summed E-state index contributed by atoms with van der Waals surface area (Å²) in [6.45, 7) is 2.05. The van der Waals surface area contributed by atoms with E-state index in [1.165, 1.54) is 0 Å². The molecule has 21 heavy (non-hydrogen) atoms. The fraction of sp³-hybridized carbons (Fsp3) is 0.357. The van der Waals surface area contributed by atoms with Gasteiger partial charge in [0.05, 0.1) is 11.6 Å². The van der Waals surface area contributed by atoms with E-state index in [9.17, 15) is 5.11 Å². The number of halogens is 1. The molecule has 0 aliphatic carbocycles. The van der Waals surface area contributed by atoms with Gasteiger partial charge in [-0.1, -0.05) is 13.0 Å². The van der Waals surface area contributed by atoms with Crippen molar-refractivity contribution in [3.63, 3.8) is 0 Å². The summed E-state index contributed by atoms with van der Waals surface area (Å²) in [5, 5.41) is 13.7. The van der Waals surface area contributed by atoms with Crippen LogP contribution in [-0.4, -0.2) is 32.0 Å². The second-order valence-corrected chi connectivity index (χ2v) is 6.16. The molecule has 5 nitrogen and oxygen atoms in total. The molecule has 110 valence electrons. The maximum absolute atomic E-state index is 10.4. The summed E-state index contributed by atoms with van der Waals surface area (Å²) in [6, 6.07) is 5.74. The van der Waals surface area contributed by atoms with Crippen LogP contribution in [0.5, 0.6) is 0 Å². The molecule has 2 aromatic heterocycles. The fourth-order valence-electron chi connectivity index (χ4n) is 2.25. The molecule has 7 heteroatoms. The van der Waals surface area contributed by atoms with Crippen LogP contribution in [0.2, 0.25) is 5.28 Å². The zero-order valence-corrected chi connectivity index (χ0v) is 13.0. The Bertz CT molecular complexity index is 655. The molecule has 1 aliphatic heterocycles. The predicted molar refractivity (Wildman–Crippen MR) is 83.8 cm³/mol. The topological polar surface area (TPSA) is 70.9 Å². The Morgan fingerprint density at radius 2 is 2.33 bits per heavy atom. The van der Waals surface area contributed by atoms with Crippen molar-refractivity contribution in [1.82, 2.24) is 15.0 Å². The van der Waals surface area contributed by atoms with E-state index in [0.29, 0.717) is 5.82 Å². The summed E-state index contributed by atoms with van der Waals surface area (Å²) >= 11 is 7.47. The first-order valence-electron chi connectivity index (χ1n) is 6.73. The van der Waals surface area contributed by atoms with Crippen molar-refractivity contribution in [2.24, 2.45) is 0 Å². The van der Waals surface area contributed by atoms with Crippen LogP contribution in [-0.2, 0) is 6.42 Å². The van der Waals surface area contributed by atoms with Gasteiger partial charge in [0, 0.05) is 22.5 Å². The third-order valence-corrected chi connectivity index (χ3v) is 4.70. The van der Waals surface area contributed by atoms with Crippen molar-refractivity contribution in [1.29, 1.82) is 0 Å². The van der Waals surface area contributed by atoms with Crippen LogP contribution in [0.4, 0.5) is 5.82 Å². The Labute approximate surface area is 132 Å². The van der Waals surface area contributed by atoms with Gasteiger partial charge in [-0.25, -0.2) is 15.0 Å². The van der Waals surface area contributed by atoms with Crippen molar-refractivity contribution < 1.29 is 5.11 Å². The van der Waals surface area contributed by atoms with E-state index < -0.39 is 6.23 Å². The number of aliphatic hydroxyl groups is 1. The zero-order valence-electron chi connectivity index (χ0n) is 11.5. The third kappa shape index (κ3) is 3.12. The summed E-state index contributed by atoms with van der Waals surface area (Å²) in [7, 11) is 0. The number of hydrogen-bond donors (Lipinski definition) is 2. The molecule has 0 spiro atoms. The number of nitrogens with zero attached hydrogens (tertiary/aromatic N) is 3. The van der Waals surface area contributed by atoms with Gasteiger partial charge in [0.25, 0.3) is 0 Å². The largest absolute Gasteiger partial charge is 0.373 e. The van der Waals surface area contributed by atoms with Gasteiger partial charge in [0.15, 0.2) is 0 Å². The van der Waals surface area contributed by atoms with Crippen LogP contribution in [0, 0.1) is 0 Å². The standard InChI is InChI=1S/C14H15ClN4OS/c1-2-8-4-3-5-11(17-8)18-13(20)9-7-21-10-6-16-14(15)19-12(9)10/h3-6,9,13,20H,2,7H2,1H3,(H,17,18). The number of fused-ring (bicyclic) bond motifs is 1. The third-order valence-electron chi connectivity index (χ3n) is 3.37. The molecular formula is C14H15ClN4OS. The Morgan fingerprint density at radius 3 is 3.14 bits per heavy atom. The van der Waals surface area contributed by atoms with Gasteiger partial charge in [-0.05, 0) is 30.2 Å². The lowest BCUT2D eigenvalue weighted by atomic mass is 10.1. The monoisotopic (exact) mass is 322 g/mol. The van der Waals surface area contributed by atoms with Crippen molar-refractivity contribution >= 4 is 29.2 Å². The Morgan fingerprint density at radius 1 is 1.48 bits per heavy atom. The molecule has 2 aromatic rings. The highest BCUT2D eigenvalue weighted by Crippen LogP contribution is 2.40. The zero-order chi connectivity index (χ0) is 14.8. The summed E-state index contributed by atoms with van der Waals surface area (Å²) < 4.78 is 0. The summed E-state index contributed by atoms with van der Waals surface area (Å²) in [6.07, 6.45) is 1.80. The molecular weight excluding hydrogens is 308 g/mol. The van der Waals surface area contributed by atoms with E-state index in [-0.39, 0.29) is 11.2 Å². The number of nitrogens with one attached hydrogen (secondary N) is 1. The Kier molecular flexibility index (Phi) is 4.28. The first-order valence-corrected chi connectivity index (χ1v) is 8.09. The average molecular weight is 323 g/mol. The number of hydrogen-bond acceptors (Lipinski definition) is 6. The minimum absolute atomic E-state index is 0.127. The average Bonchev–Trinajstić information content (AvgIpc) is 2.90. The highest BCUT2D eigenvalue weighted by atomic mass is 35.5. The van der Waals surface area contributed by atoms with Gasteiger partial charge in [-0.3, -0.25) is 0 Å².